The summed E-state index contributed by atoms with van der Waals surface area (Å²) in [5, 5.41) is 65.6. The minimum atomic E-state index is -1.27. The molecular formula is C33H37N5O10. The summed E-state index contributed by atoms with van der Waals surface area (Å²) in [5.74, 6) is -4.64. The van der Waals surface area contributed by atoms with E-state index in [4.69, 9.17) is 5.73 Å². The normalized spacial score (nSPS) is 15.5. The molecule has 254 valence electrons. The van der Waals surface area contributed by atoms with Crippen molar-refractivity contribution in [2.45, 2.75) is 43.8 Å². The summed E-state index contributed by atoms with van der Waals surface area (Å²) in [6.45, 7) is -0.214. The molecule has 15 nitrogen and oxygen atoms in total. The number of phenolic OH excluding ortho intramolecular Hbond substituents is 6. The van der Waals surface area contributed by atoms with E-state index in [0.717, 1.165) is 0 Å². The molecule has 11 N–H and O–H groups in total. The van der Waals surface area contributed by atoms with Crippen molar-refractivity contribution in [3.63, 3.8) is 0 Å². The first-order valence-electron chi connectivity index (χ1n) is 15.0. The van der Waals surface area contributed by atoms with Crippen LogP contribution in [0.4, 0.5) is 0 Å². The molecule has 4 amide bonds. The molecule has 1 saturated heterocycles. The van der Waals surface area contributed by atoms with E-state index in [9.17, 15) is 49.8 Å². The summed E-state index contributed by atoms with van der Waals surface area (Å²) in [4.78, 5) is 53.7. The van der Waals surface area contributed by atoms with Crippen molar-refractivity contribution in [2.24, 2.45) is 5.73 Å². The molecule has 0 aliphatic carbocycles. The SMILES string of the molecule is N[C@@H](Cc1ccc(O)c(O)c1)C(=O)N[C@@H](Cc1ccc(O)c(O)c1)C(=O)NCC(=O)N1CCC[C@H]1C(=O)N/C=C/c1ccc(O)c(O)c1. The molecule has 1 heterocycles. The fraction of sp³-hybridized carbons (Fsp3) is 0.273. The Balaban J connectivity index is 1.38. The van der Waals surface area contributed by atoms with E-state index in [2.05, 4.69) is 16.0 Å². The fourth-order valence-corrected chi connectivity index (χ4v) is 5.15. The van der Waals surface area contributed by atoms with Crippen LogP contribution in [0.1, 0.15) is 29.5 Å². The van der Waals surface area contributed by atoms with E-state index >= 15 is 0 Å². The van der Waals surface area contributed by atoms with Crippen LogP contribution in [-0.2, 0) is 32.0 Å². The molecule has 1 fully saturated rings. The van der Waals surface area contributed by atoms with E-state index < -0.39 is 59.8 Å². The van der Waals surface area contributed by atoms with Crippen molar-refractivity contribution in [1.29, 1.82) is 0 Å². The van der Waals surface area contributed by atoms with Crippen LogP contribution in [0.15, 0.2) is 60.8 Å². The number of carbonyl (C=O) groups excluding carboxylic acids is 4. The molecule has 0 radical (unpaired) electrons. The quantitative estimate of drug-likeness (QED) is 0.119. The number of nitrogens with zero attached hydrogens (tertiary/aromatic N) is 1. The van der Waals surface area contributed by atoms with Crippen LogP contribution in [0.2, 0.25) is 0 Å². The summed E-state index contributed by atoms with van der Waals surface area (Å²) in [5.41, 5.74) is 7.40. The highest BCUT2D eigenvalue weighted by molar-refractivity contribution is 5.94. The highest BCUT2D eigenvalue weighted by Gasteiger charge is 2.34. The molecular weight excluding hydrogens is 626 g/mol. The van der Waals surface area contributed by atoms with Gasteiger partial charge in [0, 0.05) is 19.2 Å². The first-order chi connectivity index (χ1) is 22.8. The van der Waals surface area contributed by atoms with Crippen LogP contribution in [0.3, 0.4) is 0 Å². The van der Waals surface area contributed by atoms with Crippen molar-refractivity contribution in [3.05, 3.63) is 77.5 Å². The van der Waals surface area contributed by atoms with Gasteiger partial charge in [0.15, 0.2) is 34.5 Å². The van der Waals surface area contributed by atoms with Crippen LogP contribution in [0.5, 0.6) is 34.5 Å². The fourth-order valence-electron chi connectivity index (χ4n) is 5.15. The number of likely N-dealkylation sites (tertiary alicyclic amines) is 1. The maximum atomic E-state index is 13.3. The molecule has 48 heavy (non-hydrogen) atoms. The topological polar surface area (TPSA) is 255 Å². The Hall–Kier alpha value is -5.96. The number of nitrogens with one attached hydrogen (secondary N) is 3. The van der Waals surface area contributed by atoms with E-state index in [-0.39, 0.29) is 42.4 Å². The van der Waals surface area contributed by atoms with Crippen molar-refractivity contribution in [1.82, 2.24) is 20.9 Å². The van der Waals surface area contributed by atoms with E-state index in [0.29, 0.717) is 29.5 Å². The van der Waals surface area contributed by atoms with Crippen molar-refractivity contribution >= 4 is 29.7 Å². The van der Waals surface area contributed by atoms with E-state index in [1.807, 2.05) is 0 Å². The Bertz CT molecular complexity index is 1710. The lowest BCUT2D eigenvalue weighted by molar-refractivity contribution is -0.138. The van der Waals surface area contributed by atoms with Gasteiger partial charge in [-0.1, -0.05) is 18.2 Å². The van der Waals surface area contributed by atoms with E-state index in [1.165, 1.54) is 71.8 Å². The number of hydrogen-bond donors (Lipinski definition) is 10. The zero-order valence-electron chi connectivity index (χ0n) is 25.7. The predicted octanol–water partition coefficient (Wildman–Crippen LogP) is 0.412. The lowest BCUT2D eigenvalue weighted by Gasteiger charge is -2.25. The van der Waals surface area contributed by atoms with Crippen LogP contribution in [0.25, 0.3) is 6.08 Å². The zero-order chi connectivity index (χ0) is 35.0. The summed E-state index contributed by atoms with van der Waals surface area (Å²) in [6, 6.07) is 8.74. The van der Waals surface area contributed by atoms with Crippen LogP contribution >= 0.6 is 0 Å². The number of amides is 4. The molecule has 0 spiro atoms. The van der Waals surface area contributed by atoms with Gasteiger partial charge in [0.25, 0.3) is 0 Å². The number of rotatable bonds is 12. The second kappa shape index (κ2) is 15.6. The summed E-state index contributed by atoms with van der Waals surface area (Å²) >= 11 is 0. The van der Waals surface area contributed by atoms with Gasteiger partial charge < -0.3 is 57.2 Å². The number of phenols is 6. The highest BCUT2D eigenvalue weighted by Crippen LogP contribution is 2.27. The molecule has 0 aromatic heterocycles. The van der Waals surface area contributed by atoms with Gasteiger partial charge in [-0.15, -0.1) is 0 Å². The van der Waals surface area contributed by atoms with Crippen molar-refractivity contribution in [2.75, 3.05) is 13.1 Å². The Labute approximate surface area is 274 Å². The third-order valence-corrected chi connectivity index (χ3v) is 7.74. The predicted molar refractivity (Wildman–Crippen MR) is 172 cm³/mol. The average molecular weight is 664 g/mol. The molecule has 4 rings (SSSR count). The van der Waals surface area contributed by atoms with Gasteiger partial charge >= 0.3 is 0 Å². The number of hydrogen-bond acceptors (Lipinski definition) is 11. The molecule has 0 unspecified atom stereocenters. The molecule has 3 aromatic carbocycles. The minimum absolute atomic E-state index is 0.0441. The number of nitrogens with two attached hydrogens (primary N) is 1. The zero-order valence-corrected chi connectivity index (χ0v) is 25.7. The van der Waals surface area contributed by atoms with Crippen molar-refractivity contribution in [3.8, 4) is 34.5 Å². The standard InChI is InChI=1S/C33H37N5O10/c34-21(12-19-4-7-25(40)28(43)15-19)31(46)37-22(13-20-5-8-26(41)29(44)16-20)32(47)36-17-30(45)38-11-1-2-23(38)33(48)35-10-9-18-3-6-24(39)27(42)14-18/h3-10,14-16,21-23,39-44H,1-2,11-13,17,34H2,(H,35,48)(H,36,47)(H,37,46)/b10-9+/t21-,22-,23-/m0/s1. The molecule has 3 atom stereocenters. The lowest BCUT2D eigenvalue weighted by atomic mass is 10.0. The molecule has 3 aromatic rings. The maximum absolute atomic E-state index is 13.3. The third-order valence-electron chi connectivity index (χ3n) is 7.74. The largest absolute Gasteiger partial charge is 0.504 e. The Kier molecular flexibility index (Phi) is 11.3. The summed E-state index contributed by atoms with van der Waals surface area (Å²) < 4.78 is 0. The average Bonchev–Trinajstić information content (AvgIpc) is 3.55. The Morgan fingerprint density at radius 3 is 1.98 bits per heavy atom. The molecule has 1 aliphatic rings. The second-order valence-electron chi connectivity index (χ2n) is 11.3. The summed E-state index contributed by atoms with van der Waals surface area (Å²) in [6.07, 6.45) is 3.59. The van der Waals surface area contributed by atoms with Gasteiger partial charge in [0.05, 0.1) is 12.6 Å². The van der Waals surface area contributed by atoms with Gasteiger partial charge in [-0.2, -0.15) is 0 Å². The third kappa shape index (κ3) is 9.07. The maximum Gasteiger partial charge on any atom is 0.246 e. The van der Waals surface area contributed by atoms with Gasteiger partial charge in [0.2, 0.25) is 23.6 Å². The first kappa shape index (κ1) is 34.9. The summed E-state index contributed by atoms with van der Waals surface area (Å²) in [7, 11) is 0. The van der Waals surface area contributed by atoms with Gasteiger partial charge in [-0.25, -0.2) is 0 Å². The number of carbonyl (C=O) groups is 4. The molecule has 1 aliphatic heterocycles. The highest BCUT2D eigenvalue weighted by atomic mass is 16.3. The Morgan fingerprint density at radius 1 is 0.792 bits per heavy atom. The Morgan fingerprint density at radius 2 is 1.38 bits per heavy atom. The van der Waals surface area contributed by atoms with Gasteiger partial charge in [-0.3, -0.25) is 19.2 Å². The lowest BCUT2D eigenvalue weighted by Crippen LogP contribution is -2.54. The minimum Gasteiger partial charge on any atom is -0.504 e. The van der Waals surface area contributed by atoms with Crippen LogP contribution in [-0.4, -0.2) is 90.4 Å². The number of aromatic hydroxyl groups is 6. The van der Waals surface area contributed by atoms with Crippen LogP contribution in [0, 0.1) is 0 Å². The molecule has 0 bridgehead atoms. The van der Waals surface area contributed by atoms with Gasteiger partial charge in [0.1, 0.15) is 12.1 Å². The number of benzene rings is 3. The molecule has 0 saturated carbocycles. The van der Waals surface area contributed by atoms with Gasteiger partial charge in [-0.05, 0) is 78.4 Å². The monoisotopic (exact) mass is 663 g/mol. The second-order valence-corrected chi connectivity index (χ2v) is 11.3. The first-order valence-corrected chi connectivity index (χ1v) is 15.0. The molecule has 15 heteroatoms. The van der Waals surface area contributed by atoms with E-state index in [1.54, 1.807) is 0 Å². The smallest absolute Gasteiger partial charge is 0.246 e. The van der Waals surface area contributed by atoms with Crippen LogP contribution < -0.4 is 21.7 Å². The van der Waals surface area contributed by atoms with Crippen molar-refractivity contribution < 1.29 is 49.8 Å².